The van der Waals surface area contributed by atoms with Gasteiger partial charge in [-0.05, 0) is 26.2 Å². The molecule has 0 radical (unpaired) electrons. The molecule has 2 aliphatic rings. The number of aliphatic imine (C=N–C) groups is 1. The van der Waals surface area contributed by atoms with Crippen molar-refractivity contribution in [3.05, 3.63) is 0 Å². The number of hydrogen-bond donors (Lipinski definition) is 2. The summed E-state index contributed by atoms with van der Waals surface area (Å²) in [7, 11) is 0. The van der Waals surface area contributed by atoms with Crippen LogP contribution in [0.1, 0.15) is 39.5 Å². The molecule has 2 rings (SSSR count). The van der Waals surface area contributed by atoms with Crippen LogP contribution in [0.5, 0.6) is 0 Å². The van der Waals surface area contributed by atoms with E-state index in [2.05, 4.69) is 22.5 Å². The quantitative estimate of drug-likeness (QED) is 0.394. The molecule has 2 N–H and O–H groups in total. The zero-order valence-electron chi connectivity index (χ0n) is 13.7. The maximum atomic E-state index is 12.9. The summed E-state index contributed by atoms with van der Waals surface area (Å²) in [6, 6.07) is -0.163. The minimum absolute atomic E-state index is 0. The Morgan fingerprint density at radius 2 is 2.00 bits per heavy atom. The van der Waals surface area contributed by atoms with Crippen LogP contribution < -0.4 is 10.6 Å². The number of hydrogen-bond acceptors (Lipinski definition) is 2. The van der Waals surface area contributed by atoms with Crippen molar-refractivity contribution in [3.63, 3.8) is 0 Å². The van der Waals surface area contributed by atoms with E-state index in [1.165, 1.54) is 0 Å². The van der Waals surface area contributed by atoms with Gasteiger partial charge in [-0.3, -0.25) is 4.99 Å². The third kappa shape index (κ3) is 6.28. The summed E-state index contributed by atoms with van der Waals surface area (Å²) >= 11 is 0. The number of rotatable bonds is 4. The van der Waals surface area contributed by atoms with Gasteiger partial charge in [0.25, 0.3) is 0 Å². The van der Waals surface area contributed by atoms with Crippen molar-refractivity contribution in [2.75, 3.05) is 26.3 Å². The molecule has 0 aromatic carbocycles. The van der Waals surface area contributed by atoms with Crippen molar-refractivity contribution < 1.29 is 17.9 Å². The first kappa shape index (κ1) is 20.8. The summed E-state index contributed by atoms with van der Waals surface area (Å²) in [5.41, 5.74) is 0.0589. The predicted molar refractivity (Wildman–Crippen MR) is 95.3 cm³/mol. The topological polar surface area (TPSA) is 45.7 Å². The highest BCUT2D eigenvalue weighted by Crippen LogP contribution is 2.37. The zero-order valence-corrected chi connectivity index (χ0v) is 16.0. The van der Waals surface area contributed by atoms with Crippen LogP contribution in [0.3, 0.4) is 0 Å². The van der Waals surface area contributed by atoms with E-state index in [1.807, 2.05) is 6.92 Å². The van der Waals surface area contributed by atoms with E-state index < -0.39 is 12.1 Å². The van der Waals surface area contributed by atoms with Gasteiger partial charge in [-0.2, -0.15) is 13.2 Å². The molecule has 0 bridgehead atoms. The second kappa shape index (κ2) is 8.73. The van der Waals surface area contributed by atoms with Crippen LogP contribution >= 0.6 is 24.0 Å². The molecular weight excluding hydrogens is 422 g/mol. The molecule has 1 aliphatic heterocycles. The Bertz CT molecular complexity index is 400. The summed E-state index contributed by atoms with van der Waals surface area (Å²) in [5.74, 6) is -0.581. The van der Waals surface area contributed by atoms with Crippen LogP contribution in [0, 0.1) is 11.3 Å². The Morgan fingerprint density at radius 1 is 1.30 bits per heavy atom. The average Bonchev–Trinajstić information content (AvgIpc) is 2.42. The summed E-state index contributed by atoms with van der Waals surface area (Å²) in [6.07, 6.45) is -2.35. The monoisotopic (exact) mass is 449 g/mol. The van der Waals surface area contributed by atoms with Gasteiger partial charge in [0.15, 0.2) is 5.96 Å². The minimum atomic E-state index is -4.09. The molecule has 2 unspecified atom stereocenters. The Kier molecular flexibility index (Phi) is 7.89. The molecule has 1 heterocycles. The van der Waals surface area contributed by atoms with E-state index in [4.69, 9.17) is 4.74 Å². The van der Waals surface area contributed by atoms with E-state index in [-0.39, 0.29) is 48.3 Å². The molecule has 8 heteroatoms. The van der Waals surface area contributed by atoms with Crippen LogP contribution in [-0.2, 0) is 4.74 Å². The molecule has 23 heavy (non-hydrogen) atoms. The molecule has 136 valence electrons. The molecule has 0 aromatic rings. The first-order chi connectivity index (χ1) is 10.3. The summed E-state index contributed by atoms with van der Waals surface area (Å²) in [4.78, 5) is 4.52. The molecule has 0 spiro atoms. The maximum absolute atomic E-state index is 12.9. The molecule has 0 aromatic heterocycles. The van der Waals surface area contributed by atoms with Crippen LogP contribution in [0.15, 0.2) is 4.99 Å². The van der Waals surface area contributed by atoms with Gasteiger partial charge in [0.05, 0.1) is 25.7 Å². The molecule has 1 aliphatic carbocycles. The fourth-order valence-electron chi connectivity index (χ4n) is 2.94. The number of guanidine groups is 1. The van der Waals surface area contributed by atoms with Gasteiger partial charge in [-0.1, -0.05) is 13.3 Å². The highest BCUT2D eigenvalue weighted by molar-refractivity contribution is 14.0. The van der Waals surface area contributed by atoms with Gasteiger partial charge < -0.3 is 15.4 Å². The summed E-state index contributed by atoms with van der Waals surface area (Å²) in [6.45, 7) is 6.74. The van der Waals surface area contributed by atoms with Crippen LogP contribution in [0.2, 0.25) is 0 Å². The normalized spacial score (nSPS) is 27.6. The molecular formula is C15H27F3IN3O. The lowest BCUT2D eigenvalue weighted by atomic mass is 9.85. The van der Waals surface area contributed by atoms with Crippen LogP contribution in [0.4, 0.5) is 13.2 Å². The van der Waals surface area contributed by atoms with E-state index in [1.54, 1.807) is 0 Å². The molecule has 2 atom stereocenters. The van der Waals surface area contributed by atoms with Crippen LogP contribution in [0.25, 0.3) is 0 Å². The zero-order chi connectivity index (χ0) is 16.2. The van der Waals surface area contributed by atoms with Crippen molar-refractivity contribution in [2.24, 2.45) is 16.3 Å². The fourth-order valence-corrected chi connectivity index (χ4v) is 2.94. The predicted octanol–water partition coefficient (Wildman–Crippen LogP) is 3.32. The smallest absolute Gasteiger partial charge is 0.380 e. The number of nitrogens with one attached hydrogen (secondary N) is 2. The van der Waals surface area contributed by atoms with E-state index >= 15 is 0 Å². The van der Waals surface area contributed by atoms with Gasteiger partial charge in [-0.15, -0.1) is 24.0 Å². The third-order valence-electron chi connectivity index (χ3n) is 4.34. The molecule has 2 fully saturated rings. The molecule has 0 amide bonds. The average molecular weight is 449 g/mol. The van der Waals surface area contributed by atoms with Gasteiger partial charge in [-0.25, -0.2) is 0 Å². The lowest BCUT2D eigenvalue weighted by molar-refractivity contribution is -0.183. The first-order valence-electron chi connectivity index (χ1n) is 8.02. The van der Waals surface area contributed by atoms with Crippen molar-refractivity contribution in [1.82, 2.24) is 10.6 Å². The number of halogens is 4. The molecule has 4 nitrogen and oxygen atoms in total. The molecule has 1 saturated carbocycles. The Morgan fingerprint density at radius 3 is 2.52 bits per heavy atom. The second-order valence-corrected chi connectivity index (χ2v) is 6.75. The minimum Gasteiger partial charge on any atom is -0.380 e. The summed E-state index contributed by atoms with van der Waals surface area (Å²) in [5, 5.41) is 6.30. The highest BCUT2D eigenvalue weighted by Gasteiger charge is 2.42. The van der Waals surface area contributed by atoms with Crippen molar-refractivity contribution in [2.45, 2.75) is 51.7 Å². The standard InChI is InChI=1S/C15H26F3N3O.HI/c1-3-19-13(20-8-14(2)9-22-10-14)21-12-6-4-5-11(7-12)15(16,17)18;/h11-12H,3-10H2,1-2H3,(H2,19,20,21);1H. The molecule has 1 saturated heterocycles. The number of nitrogens with zero attached hydrogens (tertiary/aromatic N) is 1. The largest absolute Gasteiger partial charge is 0.391 e. The Hall–Kier alpha value is -0.250. The lowest BCUT2D eigenvalue weighted by Crippen LogP contribution is -2.48. The van der Waals surface area contributed by atoms with E-state index in [0.29, 0.717) is 38.7 Å². The van der Waals surface area contributed by atoms with Gasteiger partial charge in [0.1, 0.15) is 0 Å². The summed E-state index contributed by atoms with van der Waals surface area (Å²) < 4.78 is 43.8. The Balaban J connectivity index is 0.00000264. The Labute approximate surface area is 153 Å². The van der Waals surface area contributed by atoms with Crippen LogP contribution in [-0.4, -0.2) is 44.5 Å². The number of ether oxygens (including phenoxy) is 1. The van der Waals surface area contributed by atoms with Gasteiger partial charge in [0.2, 0.25) is 0 Å². The van der Waals surface area contributed by atoms with Gasteiger partial charge in [0, 0.05) is 18.0 Å². The highest BCUT2D eigenvalue weighted by atomic mass is 127. The second-order valence-electron chi connectivity index (χ2n) is 6.75. The van der Waals surface area contributed by atoms with Crippen molar-refractivity contribution in [1.29, 1.82) is 0 Å². The first-order valence-corrected chi connectivity index (χ1v) is 8.02. The third-order valence-corrected chi connectivity index (χ3v) is 4.34. The SMILES string of the molecule is CCNC(=NCC1(C)COC1)NC1CCCC(C(F)(F)F)C1.I. The van der Waals surface area contributed by atoms with E-state index in [0.717, 1.165) is 6.42 Å². The number of alkyl halides is 3. The maximum Gasteiger partial charge on any atom is 0.391 e. The fraction of sp³-hybridized carbons (Fsp3) is 0.933. The van der Waals surface area contributed by atoms with Gasteiger partial charge >= 0.3 is 6.18 Å². The van der Waals surface area contributed by atoms with Crippen molar-refractivity contribution in [3.8, 4) is 0 Å². The van der Waals surface area contributed by atoms with Crippen molar-refractivity contribution >= 4 is 29.9 Å². The van der Waals surface area contributed by atoms with E-state index in [9.17, 15) is 13.2 Å². The lowest BCUT2D eigenvalue weighted by Gasteiger charge is -2.37.